The molecule has 22 heavy (non-hydrogen) atoms. The van der Waals surface area contributed by atoms with E-state index in [0.717, 1.165) is 0 Å². The van der Waals surface area contributed by atoms with E-state index in [-0.39, 0.29) is 11.1 Å². The van der Waals surface area contributed by atoms with Crippen LogP contribution in [-0.2, 0) is 0 Å². The summed E-state index contributed by atoms with van der Waals surface area (Å²) in [6.07, 6.45) is 0. The van der Waals surface area contributed by atoms with Crippen LogP contribution < -0.4 is 10.9 Å². The Morgan fingerprint density at radius 3 is 2.59 bits per heavy atom. The quantitative estimate of drug-likeness (QED) is 0.731. The summed E-state index contributed by atoms with van der Waals surface area (Å²) >= 11 is 5.94. The highest BCUT2D eigenvalue weighted by Gasteiger charge is 2.15. The predicted octanol–water partition coefficient (Wildman–Crippen LogP) is 3.84. The van der Waals surface area contributed by atoms with Crippen LogP contribution in [0.15, 0.2) is 57.7 Å². The lowest BCUT2D eigenvalue weighted by molar-refractivity contribution is 0.102. The molecule has 0 aliphatic heterocycles. The summed E-state index contributed by atoms with van der Waals surface area (Å²) < 4.78 is 17.9. The van der Waals surface area contributed by atoms with Gasteiger partial charge in [0.05, 0.1) is 5.02 Å². The highest BCUT2D eigenvalue weighted by Crippen LogP contribution is 2.22. The number of amides is 1. The second kappa shape index (κ2) is 5.61. The smallest absolute Gasteiger partial charge is 0.349 e. The maximum absolute atomic E-state index is 12.8. The van der Waals surface area contributed by atoms with Crippen molar-refractivity contribution in [3.63, 3.8) is 0 Å². The fourth-order valence-corrected chi connectivity index (χ4v) is 2.22. The minimum Gasteiger partial charge on any atom is -0.421 e. The summed E-state index contributed by atoms with van der Waals surface area (Å²) in [5.74, 6) is -1.06. The monoisotopic (exact) mass is 317 g/mol. The Kier molecular flexibility index (Phi) is 3.65. The Balaban J connectivity index is 1.99. The first-order valence-corrected chi connectivity index (χ1v) is 6.72. The van der Waals surface area contributed by atoms with E-state index in [2.05, 4.69) is 5.32 Å². The van der Waals surface area contributed by atoms with Crippen LogP contribution >= 0.6 is 11.6 Å². The van der Waals surface area contributed by atoms with Crippen molar-refractivity contribution in [3.8, 4) is 0 Å². The number of nitrogens with one attached hydrogen (secondary N) is 1. The van der Waals surface area contributed by atoms with Crippen molar-refractivity contribution < 1.29 is 13.6 Å². The van der Waals surface area contributed by atoms with E-state index in [9.17, 15) is 14.0 Å². The molecule has 0 bridgehead atoms. The molecule has 0 aliphatic carbocycles. The fourth-order valence-electron chi connectivity index (χ4n) is 2.00. The second-order valence-electron chi connectivity index (χ2n) is 4.57. The molecule has 1 aromatic heterocycles. The van der Waals surface area contributed by atoms with Gasteiger partial charge in [-0.2, -0.15) is 0 Å². The topological polar surface area (TPSA) is 59.3 Å². The fraction of sp³-hybridized carbons (Fsp3) is 0. The van der Waals surface area contributed by atoms with E-state index in [0.29, 0.717) is 16.1 Å². The zero-order valence-electron chi connectivity index (χ0n) is 11.1. The van der Waals surface area contributed by atoms with Crippen molar-refractivity contribution >= 4 is 34.2 Å². The van der Waals surface area contributed by atoms with Crippen LogP contribution in [0.1, 0.15) is 10.4 Å². The van der Waals surface area contributed by atoms with Gasteiger partial charge in [-0.3, -0.25) is 4.79 Å². The zero-order chi connectivity index (χ0) is 15.7. The number of rotatable bonds is 2. The van der Waals surface area contributed by atoms with Crippen molar-refractivity contribution in [1.82, 2.24) is 0 Å². The summed E-state index contributed by atoms with van der Waals surface area (Å²) in [6, 6.07) is 11.6. The number of halogens is 2. The lowest BCUT2D eigenvalue weighted by atomic mass is 10.1. The van der Waals surface area contributed by atoms with E-state index >= 15 is 0 Å². The summed E-state index contributed by atoms with van der Waals surface area (Å²) in [4.78, 5) is 24.1. The van der Waals surface area contributed by atoms with Crippen LogP contribution in [-0.4, -0.2) is 5.91 Å². The van der Waals surface area contributed by atoms with E-state index < -0.39 is 17.3 Å². The second-order valence-corrected chi connectivity index (χ2v) is 4.97. The van der Waals surface area contributed by atoms with Crippen molar-refractivity contribution in [2.75, 3.05) is 5.32 Å². The molecule has 0 saturated carbocycles. The van der Waals surface area contributed by atoms with Gasteiger partial charge in [-0.15, -0.1) is 0 Å². The number of hydrogen-bond donors (Lipinski definition) is 1. The average Bonchev–Trinajstić information content (AvgIpc) is 2.50. The van der Waals surface area contributed by atoms with Gasteiger partial charge in [0.1, 0.15) is 11.4 Å². The van der Waals surface area contributed by atoms with E-state index in [1.54, 1.807) is 18.2 Å². The van der Waals surface area contributed by atoms with Crippen LogP contribution in [0.4, 0.5) is 10.1 Å². The molecular weight excluding hydrogens is 309 g/mol. The molecule has 110 valence electrons. The molecule has 1 N–H and O–H groups in total. The SMILES string of the molecule is O=C(Nc1ccc(F)cc1)c1cc2cccc(Cl)c2oc1=O. The number of hydrogen-bond acceptors (Lipinski definition) is 3. The molecule has 3 aromatic rings. The Hall–Kier alpha value is -2.66. The summed E-state index contributed by atoms with van der Waals surface area (Å²) in [5.41, 5.74) is -0.344. The maximum atomic E-state index is 12.8. The predicted molar refractivity (Wildman–Crippen MR) is 81.8 cm³/mol. The Morgan fingerprint density at radius 1 is 1.14 bits per heavy atom. The van der Waals surface area contributed by atoms with Crippen LogP contribution in [0.25, 0.3) is 11.0 Å². The first-order valence-electron chi connectivity index (χ1n) is 6.34. The third kappa shape index (κ3) is 2.71. The van der Waals surface area contributed by atoms with Crippen LogP contribution in [0.5, 0.6) is 0 Å². The molecule has 1 heterocycles. The molecule has 0 unspecified atom stereocenters. The van der Waals surface area contributed by atoms with Crippen molar-refractivity contribution in [2.24, 2.45) is 0 Å². The number of carbonyl (C=O) groups is 1. The number of anilines is 1. The minimum absolute atomic E-state index is 0.154. The average molecular weight is 318 g/mol. The third-order valence-electron chi connectivity index (χ3n) is 3.06. The first kappa shape index (κ1) is 14.3. The lowest BCUT2D eigenvalue weighted by Gasteiger charge is -2.05. The summed E-state index contributed by atoms with van der Waals surface area (Å²) in [7, 11) is 0. The van der Waals surface area contributed by atoms with E-state index in [4.69, 9.17) is 16.0 Å². The molecule has 0 radical (unpaired) electrons. The van der Waals surface area contributed by atoms with Crippen molar-refractivity contribution in [2.45, 2.75) is 0 Å². The van der Waals surface area contributed by atoms with Gasteiger partial charge in [-0.05, 0) is 36.4 Å². The van der Waals surface area contributed by atoms with Gasteiger partial charge in [-0.1, -0.05) is 23.7 Å². The summed E-state index contributed by atoms with van der Waals surface area (Å²) in [6.45, 7) is 0. The van der Waals surface area contributed by atoms with Gasteiger partial charge in [-0.25, -0.2) is 9.18 Å². The molecule has 3 rings (SSSR count). The van der Waals surface area contributed by atoms with Crippen molar-refractivity contribution in [1.29, 1.82) is 0 Å². The van der Waals surface area contributed by atoms with Gasteiger partial charge >= 0.3 is 5.63 Å². The molecule has 0 saturated heterocycles. The van der Waals surface area contributed by atoms with Gasteiger partial charge < -0.3 is 9.73 Å². The highest BCUT2D eigenvalue weighted by molar-refractivity contribution is 6.34. The van der Waals surface area contributed by atoms with Gasteiger partial charge in [0.25, 0.3) is 5.91 Å². The molecule has 0 aliphatic rings. The minimum atomic E-state index is -0.791. The van der Waals surface area contributed by atoms with Crippen LogP contribution in [0.3, 0.4) is 0 Å². The number of benzene rings is 2. The lowest BCUT2D eigenvalue weighted by Crippen LogP contribution is -2.20. The molecule has 0 fully saturated rings. The maximum Gasteiger partial charge on any atom is 0.349 e. The molecule has 4 nitrogen and oxygen atoms in total. The van der Waals surface area contributed by atoms with E-state index in [1.807, 2.05) is 0 Å². The van der Waals surface area contributed by atoms with Gasteiger partial charge in [0.2, 0.25) is 0 Å². The summed E-state index contributed by atoms with van der Waals surface area (Å²) in [5, 5.41) is 3.34. The van der Waals surface area contributed by atoms with Crippen LogP contribution in [0.2, 0.25) is 5.02 Å². The van der Waals surface area contributed by atoms with E-state index in [1.165, 1.54) is 30.3 Å². The van der Waals surface area contributed by atoms with Gasteiger partial charge in [0.15, 0.2) is 5.58 Å². The molecule has 1 amide bonds. The molecule has 6 heteroatoms. The third-order valence-corrected chi connectivity index (χ3v) is 3.36. The van der Waals surface area contributed by atoms with Gasteiger partial charge in [0, 0.05) is 11.1 Å². The first-order chi connectivity index (χ1) is 10.5. The van der Waals surface area contributed by atoms with Crippen LogP contribution in [0, 0.1) is 5.82 Å². The standard InChI is InChI=1S/C16H9ClFNO3/c17-13-3-1-2-9-8-12(16(21)22-14(9)13)15(20)19-11-6-4-10(18)5-7-11/h1-8H,(H,19,20). The van der Waals surface area contributed by atoms with Crippen molar-refractivity contribution in [3.05, 3.63) is 75.4 Å². The molecule has 0 atom stereocenters. The Labute approximate surface area is 129 Å². The Bertz CT molecular complexity index is 919. The zero-order valence-corrected chi connectivity index (χ0v) is 11.9. The molecular formula is C16H9ClFNO3. The largest absolute Gasteiger partial charge is 0.421 e. The molecule has 2 aromatic carbocycles. The number of fused-ring (bicyclic) bond motifs is 1. The highest BCUT2D eigenvalue weighted by atomic mass is 35.5. The molecule has 0 spiro atoms. The Morgan fingerprint density at radius 2 is 1.86 bits per heavy atom. The normalized spacial score (nSPS) is 10.6. The number of para-hydroxylation sites is 1. The number of carbonyl (C=O) groups excluding carboxylic acids is 1.